The van der Waals surface area contributed by atoms with Crippen LogP contribution in [-0.2, 0) is 4.74 Å². The Labute approximate surface area is 144 Å². The van der Waals surface area contributed by atoms with E-state index in [1.54, 1.807) is 20.8 Å². The number of nitrogens with one attached hydrogen (secondary N) is 2. The van der Waals surface area contributed by atoms with E-state index in [-0.39, 0.29) is 41.2 Å². The Morgan fingerprint density at radius 1 is 1.50 bits per heavy atom. The average molecular weight is 319 g/mol. The minimum atomic E-state index is -0.596. The second-order valence-electron chi connectivity index (χ2n) is 4.30. The van der Waals surface area contributed by atoms with Gasteiger partial charge in [-0.15, -0.1) is 0 Å². The Bertz CT molecular complexity index is 505. The molecular weight excluding hydrogens is 306 g/mol. The number of ether oxygens (including phenoxy) is 1. The number of hydrogen-bond donors (Lipinski definition) is 2. The van der Waals surface area contributed by atoms with Gasteiger partial charge in [0.05, 0.1) is 9.53 Å². The molecule has 0 aromatic carbocycles. The summed E-state index contributed by atoms with van der Waals surface area (Å²) in [4.78, 5) is 14.2. The largest absolute Gasteiger partial charge is 1.00 e. The molecule has 1 heterocycles. The number of H-pyrrole nitrogens is 1. The van der Waals surface area contributed by atoms with E-state index in [2.05, 4.69) is 10.3 Å². The van der Waals surface area contributed by atoms with Gasteiger partial charge in [0.1, 0.15) is 16.6 Å². The van der Waals surface area contributed by atoms with Crippen LogP contribution in [0.2, 0.25) is 10.2 Å². The fourth-order valence-corrected chi connectivity index (χ4v) is 1.57. The van der Waals surface area contributed by atoms with Gasteiger partial charge in [-0.3, -0.25) is 5.32 Å². The van der Waals surface area contributed by atoms with Crippen molar-refractivity contribution in [2.75, 3.05) is 5.32 Å². The molecule has 0 unspecified atom stereocenters. The van der Waals surface area contributed by atoms with Crippen LogP contribution in [0.1, 0.15) is 22.2 Å². The molecule has 0 aliphatic heterocycles. The Kier molecular flexibility index (Phi) is 7.21. The molecule has 0 radical (unpaired) electrons. The van der Waals surface area contributed by atoms with E-state index in [4.69, 9.17) is 40.2 Å². The van der Waals surface area contributed by atoms with Gasteiger partial charge in [0.15, 0.2) is 0 Å². The number of rotatable bonds is 1. The van der Waals surface area contributed by atoms with Gasteiger partial charge in [0.25, 0.3) is 0 Å². The predicted molar refractivity (Wildman–Crippen MR) is 72.6 cm³/mol. The van der Waals surface area contributed by atoms with Crippen LogP contribution in [0.3, 0.4) is 0 Å². The zero-order chi connectivity index (χ0) is 13.2. The van der Waals surface area contributed by atoms with Crippen LogP contribution in [0, 0.1) is 4.51 Å². The fourth-order valence-electron chi connectivity index (χ4n) is 0.993. The molecule has 0 aliphatic rings. The van der Waals surface area contributed by atoms with Crippen LogP contribution in [0.15, 0.2) is 6.07 Å². The van der Waals surface area contributed by atoms with E-state index < -0.39 is 11.7 Å². The minimum Gasteiger partial charge on any atom is -1.00 e. The van der Waals surface area contributed by atoms with Gasteiger partial charge in [0.2, 0.25) is 0 Å². The van der Waals surface area contributed by atoms with Gasteiger partial charge in [-0.05, 0) is 26.8 Å². The first kappa shape index (κ1) is 18.2. The smallest absolute Gasteiger partial charge is 1.00 e. The number of aromatic amines is 1. The molecule has 1 aromatic heterocycles. The first-order valence-corrected chi connectivity index (χ1v) is 5.94. The van der Waals surface area contributed by atoms with Crippen molar-refractivity contribution in [1.29, 1.82) is 0 Å². The van der Waals surface area contributed by atoms with Crippen molar-refractivity contribution in [2.45, 2.75) is 26.4 Å². The summed E-state index contributed by atoms with van der Waals surface area (Å²) < 4.78 is 5.42. The monoisotopic (exact) mass is 318 g/mol. The van der Waals surface area contributed by atoms with Crippen molar-refractivity contribution in [3.8, 4) is 0 Å². The minimum absolute atomic E-state index is 0. The Morgan fingerprint density at radius 3 is 2.50 bits per heavy atom. The van der Waals surface area contributed by atoms with Crippen LogP contribution in [0.25, 0.3) is 0 Å². The third kappa shape index (κ3) is 5.91. The zero-order valence-corrected chi connectivity index (χ0v) is 14.9. The number of anilines is 1. The maximum absolute atomic E-state index is 11.5. The summed E-state index contributed by atoms with van der Waals surface area (Å²) in [5, 5.41) is 2.90. The fraction of sp³-hybridized carbons (Fsp3) is 0.400. The maximum Gasteiger partial charge on any atom is 1.00 e. The van der Waals surface area contributed by atoms with Crippen LogP contribution < -0.4 is 34.9 Å². The third-order valence-corrected chi connectivity index (χ3v) is 2.77. The summed E-state index contributed by atoms with van der Waals surface area (Å²) in [7, 11) is 0. The summed E-state index contributed by atoms with van der Waals surface area (Å²) in [6.07, 6.45) is -0.596. The quantitative estimate of drug-likeness (QED) is 0.469. The standard InChI is InChI=1S/C10H12Cl2N2O2S.Na.H/c1-10(2,3)16-9(15)14-6-4-5(17)7(11)8(12)13-6;;/h4H,1-3H3,(H2,13,14,15,17);;/q;+1;-1. The van der Waals surface area contributed by atoms with E-state index in [0.717, 1.165) is 0 Å². The third-order valence-electron chi connectivity index (χ3n) is 1.56. The van der Waals surface area contributed by atoms with E-state index >= 15 is 0 Å². The first-order chi connectivity index (χ1) is 7.69. The maximum atomic E-state index is 11.5. The van der Waals surface area contributed by atoms with Crippen molar-refractivity contribution in [3.63, 3.8) is 0 Å². The van der Waals surface area contributed by atoms with E-state index in [0.29, 0.717) is 10.3 Å². The summed E-state index contributed by atoms with van der Waals surface area (Å²) in [5.74, 6) is 0.332. The normalized spacial score (nSPS) is 10.5. The van der Waals surface area contributed by atoms with Crippen LogP contribution in [0.5, 0.6) is 0 Å². The molecule has 4 nitrogen and oxygen atoms in total. The van der Waals surface area contributed by atoms with E-state index in [1.807, 2.05) is 0 Å². The molecule has 0 saturated carbocycles. The Hall–Kier alpha value is 0.220. The number of aromatic nitrogens is 1. The molecule has 0 bridgehead atoms. The Balaban J connectivity index is 0. The molecule has 8 heteroatoms. The zero-order valence-electron chi connectivity index (χ0n) is 11.6. The van der Waals surface area contributed by atoms with Crippen molar-refractivity contribution < 1.29 is 40.5 Å². The number of amides is 1. The van der Waals surface area contributed by atoms with Crippen LogP contribution in [-0.4, -0.2) is 16.7 Å². The number of carbonyl (C=O) groups is 1. The molecule has 1 amide bonds. The molecule has 96 valence electrons. The number of pyridine rings is 1. The van der Waals surface area contributed by atoms with Gasteiger partial charge < -0.3 is 11.1 Å². The molecule has 0 saturated heterocycles. The second-order valence-corrected chi connectivity index (χ2v) is 5.50. The van der Waals surface area contributed by atoms with Gasteiger partial charge in [0, 0.05) is 0 Å². The molecular formula is C10H13Cl2N2NaO2S. The number of hydrogen-bond acceptors (Lipinski definition) is 3. The molecule has 1 rings (SSSR count). The van der Waals surface area contributed by atoms with Gasteiger partial charge in [-0.1, -0.05) is 35.4 Å². The van der Waals surface area contributed by atoms with Gasteiger partial charge >= 0.3 is 35.7 Å². The molecule has 0 spiro atoms. The second kappa shape index (κ2) is 7.12. The molecule has 0 aliphatic carbocycles. The van der Waals surface area contributed by atoms with Crippen molar-refractivity contribution in [3.05, 3.63) is 20.8 Å². The van der Waals surface area contributed by atoms with Gasteiger partial charge in [-0.2, -0.15) is 0 Å². The summed E-state index contributed by atoms with van der Waals surface area (Å²) >= 11 is 16.5. The molecule has 0 fully saturated rings. The molecule has 18 heavy (non-hydrogen) atoms. The number of carbonyl (C=O) groups excluding carboxylic acids is 1. The summed E-state index contributed by atoms with van der Waals surface area (Å²) in [5.41, 5.74) is -0.572. The van der Waals surface area contributed by atoms with Crippen LogP contribution in [0.4, 0.5) is 10.6 Å². The topological polar surface area (TPSA) is 54.1 Å². The molecule has 2 N–H and O–H groups in total. The van der Waals surface area contributed by atoms with Crippen molar-refractivity contribution in [2.24, 2.45) is 0 Å². The van der Waals surface area contributed by atoms with Gasteiger partial charge in [-0.25, -0.2) is 4.79 Å². The van der Waals surface area contributed by atoms with E-state index in [9.17, 15) is 4.79 Å². The summed E-state index contributed by atoms with van der Waals surface area (Å²) in [6, 6.07) is 1.49. The van der Waals surface area contributed by atoms with Crippen molar-refractivity contribution in [1.82, 2.24) is 4.98 Å². The summed E-state index contributed by atoms with van der Waals surface area (Å²) in [6.45, 7) is 5.30. The van der Waals surface area contributed by atoms with Crippen LogP contribution >= 0.6 is 35.4 Å². The molecule has 0 atom stereocenters. The first-order valence-electron chi connectivity index (χ1n) is 4.77. The predicted octanol–water partition coefficient (Wildman–Crippen LogP) is 1.51. The van der Waals surface area contributed by atoms with Crippen molar-refractivity contribution >= 4 is 47.3 Å². The Morgan fingerprint density at radius 2 is 2.06 bits per heavy atom. The number of halogens is 2. The average Bonchev–Trinajstić information content (AvgIpc) is 2.10. The van der Waals surface area contributed by atoms with E-state index in [1.165, 1.54) is 6.07 Å². The SMILES string of the molecule is CC(C)(C)OC(=O)Nc1cc(=S)c(Cl)c(Cl)[nH]1.[H-].[Na+]. The molecule has 1 aromatic rings.